The number of aromatic nitrogens is 1. The van der Waals surface area contributed by atoms with Gasteiger partial charge < -0.3 is 11.1 Å². The van der Waals surface area contributed by atoms with E-state index in [1.165, 1.54) is 25.7 Å². The maximum atomic E-state index is 5.52. The normalized spacial score (nSPS) is 12.1. The Labute approximate surface area is 109 Å². The minimum absolute atomic E-state index is 0.389. The molecule has 0 fully saturated rings. The average molecular weight is 251 g/mol. The zero-order valence-electron chi connectivity index (χ0n) is 10.6. The summed E-state index contributed by atoms with van der Waals surface area (Å²) in [4.78, 5) is 4.68. The molecule has 1 aromatic rings. The van der Waals surface area contributed by atoms with Crippen molar-refractivity contribution >= 4 is 23.0 Å². The van der Waals surface area contributed by atoms with Crippen molar-refractivity contribution in [2.75, 3.05) is 5.32 Å². The number of thiocarbonyl (C=S) groups is 1. The SMILES string of the molecule is CCCCCC(C)Nc1ccc(C(N)=S)cn1. The van der Waals surface area contributed by atoms with Crippen LogP contribution < -0.4 is 11.1 Å². The predicted molar refractivity (Wildman–Crippen MR) is 77.4 cm³/mol. The standard InChI is InChI=1S/C13H21N3S/c1-3-4-5-6-10(2)16-12-8-7-11(9-15-12)13(14)17/h7-10H,3-6H2,1-2H3,(H2,14,17)(H,15,16). The molecule has 0 aliphatic carbocycles. The third-order valence-corrected chi connectivity index (χ3v) is 2.92. The molecule has 17 heavy (non-hydrogen) atoms. The highest BCUT2D eigenvalue weighted by molar-refractivity contribution is 7.80. The maximum Gasteiger partial charge on any atom is 0.126 e. The number of rotatable bonds is 7. The number of anilines is 1. The summed E-state index contributed by atoms with van der Waals surface area (Å²) in [6.45, 7) is 4.40. The molecule has 4 heteroatoms. The van der Waals surface area contributed by atoms with Crippen LogP contribution in [0.5, 0.6) is 0 Å². The van der Waals surface area contributed by atoms with Gasteiger partial charge >= 0.3 is 0 Å². The molecule has 1 atom stereocenters. The highest BCUT2D eigenvalue weighted by atomic mass is 32.1. The summed E-state index contributed by atoms with van der Waals surface area (Å²) < 4.78 is 0. The Morgan fingerprint density at radius 2 is 2.24 bits per heavy atom. The van der Waals surface area contributed by atoms with E-state index in [1.54, 1.807) is 6.20 Å². The third-order valence-electron chi connectivity index (χ3n) is 2.68. The van der Waals surface area contributed by atoms with E-state index in [2.05, 4.69) is 24.1 Å². The summed E-state index contributed by atoms with van der Waals surface area (Å²) in [6.07, 6.45) is 6.69. The number of nitrogens with zero attached hydrogens (tertiary/aromatic N) is 1. The number of nitrogens with two attached hydrogens (primary N) is 1. The molecular weight excluding hydrogens is 230 g/mol. The average Bonchev–Trinajstić information content (AvgIpc) is 2.30. The van der Waals surface area contributed by atoms with Crippen molar-refractivity contribution in [3.05, 3.63) is 23.9 Å². The zero-order valence-corrected chi connectivity index (χ0v) is 11.4. The number of unbranched alkanes of at least 4 members (excludes halogenated alkanes) is 2. The lowest BCUT2D eigenvalue weighted by Gasteiger charge is -2.14. The van der Waals surface area contributed by atoms with Gasteiger partial charge in [0.05, 0.1) is 0 Å². The second-order valence-electron chi connectivity index (χ2n) is 4.34. The van der Waals surface area contributed by atoms with Gasteiger partial charge in [0.2, 0.25) is 0 Å². The van der Waals surface area contributed by atoms with Crippen molar-refractivity contribution in [3.63, 3.8) is 0 Å². The Bertz CT molecular complexity index is 348. The van der Waals surface area contributed by atoms with Gasteiger partial charge in [-0.1, -0.05) is 38.4 Å². The summed E-state index contributed by atoms with van der Waals surface area (Å²) in [7, 11) is 0. The second kappa shape index (κ2) is 7.22. The third kappa shape index (κ3) is 5.13. The van der Waals surface area contributed by atoms with Gasteiger partial charge in [-0.25, -0.2) is 4.98 Å². The van der Waals surface area contributed by atoms with Crippen LogP contribution in [0, 0.1) is 0 Å². The smallest absolute Gasteiger partial charge is 0.126 e. The molecule has 3 N–H and O–H groups in total. The van der Waals surface area contributed by atoms with Crippen LogP contribution in [0.25, 0.3) is 0 Å². The first-order valence-corrected chi connectivity index (χ1v) is 6.56. The van der Waals surface area contributed by atoms with Gasteiger partial charge in [0.15, 0.2) is 0 Å². The van der Waals surface area contributed by atoms with Crippen LogP contribution in [0.15, 0.2) is 18.3 Å². The van der Waals surface area contributed by atoms with Gasteiger partial charge in [-0.05, 0) is 25.5 Å². The van der Waals surface area contributed by atoms with Crippen molar-refractivity contribution in [2.45, 2.75) is 45.6 Å². The van der Waals surface area contributed by atoms with Crippen LogP contribution >= 0.6 is 12.2 Å². The molecule has 0 bridgehead atoms. The fourth-order valence-corrected chi connectivity index (χ4v) is 1.77. The second-order valence-corrected chi connectivity index (χ2v) is 4.78. The van der Waals surface area contributed by atoms with Crippen molar-refractivity contribution in [2.24, 2.45) is 5.73 Å². The minimum Gasteiger partial charge on any atom is -0.389 e. The Balaban J connectivity index is 2.43. The Morgan fingerprint density at radius 3 is 2.76 bits per heavy atom. The van der Waals surface area contributed by atoms with Crippen LogP contribution in [-0.2, 0) is 0 Å². The van der Waals surface area contributed by atoms with Crippen LogP contribution in [0.3, 0.4) is 0 Å². The van der Waals surface area contributed by atoms with Gasteiger partial charge in [-0.3, -0.25) is 0 Å². The summed E-state index contributed by atoms with van der Waals surface area (Å²) >= 11 is 4.88. The molecule has 0 saturated heterocycles. The van der Waals surface area contributed by atoms with E-state index in [0.717, 1.165) is 11.4 Å². The quantitative estimate of drug-likeness (QED) is 0.577. The molecule has 0 aliphatic rings. The maximum absolute atomic E-state index is 5.52. The molecule has 0 saturated carbocycles. The molecule has 94 valence electrons. The topological polar surface area (TPSA) is 50.9 Å². The summed E-state index contributed by atoms with van der Waals surface area (Å²) in [5.41, 5.74) is 6.33. The number of hydrogen-bond donors (Lipinski definition) is 2. The van der Waals surface area contributed by atoms with Crippen LogP contribution in [-0.4, -0.2) is 16.0 Å². The summed E-state index contributed by atoms with van der Waals surface area (Å²) in [5.74, 6) is 0.883. The molecule has 1 unspecified atom stereocenters. The van der Waals surface area contributed by atoms with E-state index in [4.69, 9.17) is 18.0 Å². The van der Waals surface area contributed by atoms with Crippen molar-refractivity contribution < 1.29 is 0 Å². The first kappa shape index (κ1) is 13.9. The largest absolute Gasteiger partial charge is 0.389 e. The van der Waals surface area contributed by atoms with Crippen LogP contribution in [0.1, 0.15) is 45.1 Å². The summed E-state index contributed by atoms with van der Waals surface area (Å²) in [6, 6.07) is 4.27. The lowest BCUT2D eigenvalue weighted by molar-refractivity contribution is 0.614. The lowest BCUT2D eigenvalue weighted by Crippen LogP contribution is -2.16. The highest BCUT2D eigenvalue weighted by Crippen LogP contribution is 2.10. The van der Waals surface area contributed by atoms with Crippen molar-refractivity contribution in [1.82, 2.24) is 4.98 Å². The monoisotopic (exact) mass is 251 g/mol. The van der Waals surface area contributed by atoms with E-state index in [0.29, 0.717) is 11.0 Å². The van der Waals surface area contributed by atoms with Gasteiger partial charge in [0.1, 0.15) is 10.8 Å². The number of pyridine rings is 1. The predicted octanol–water partition coefficient (Wildman–Crippen LogP) is 3.10. The number of nitrogens with one attached hydrogen (secondary N) is 1. The van der Waals surface area contributed by atoms with Gasteiger partial charge in [-0.2, -0.15) is 0 Å². The summed E-state index contributed by atoms with van der Waals surface area (Å²) in [5, 5.41) is 3.37. The number of hydrogen-bond acceptors (Lipinski definition) is 3. The molecule has 1 rings (SSSR count). The molecule has 0 spiro atoms. The molecule has 1 heterocycles. The first-order valence-electron chi connectivity index (χ1n) is 6.16. The van der Waals surface area contributed by atoms with E-state index in [9.17, 15) is 0 Å². The van der Waals surface area contributed by atoms with Gasteiger partial charge in [0, 0.05) is 17.8 Å². The minimum atomic E-state index is 0.389. The zero-order chi connectivity index (χ0) is 12.7. The Morgan fingerprint density at radius 1 is 1.47 bits per heavy atom. The van der Waals surface area contributed by atoms with Crippen LogP contribution in [0.4, 0.5) is 5.82 Å². The fraction of sp³-hybridized carbons (Fsp3) is 0.538. The highest BCUT2D eigenvalue weighted by Gasteiger charge is 2.03. The van der Waals surface area contributed by atoms with Crippen molar-refractivity contribution in [1.29, 1.82) is 0 Å². The molecule has 0 aliphatic heterocycles. The molecule has 0 amide bonds. The van der Waals surface area contributed by atoms with E-state index < -0.39 is 0 Å². The molecule has 3 nitrogen and oxygen atoms in total. The van der Waals surface area contributed by atoms with E-state index in [1.807, 2.05) is 12.1 Å². The Kier molecular flexibility index (Phi) is 5.91. The fourth-order valence-electron chi connectivity index (χ4n) is 1.65. The van der Waals surface area contributed by atoms with Crippen molar-refractivity contribution in [3.8, 4) is 0 Å². The molecule has 0 radical (unpaired) electrons. The lowest BCUT2D eigenvalue weighted by atomic mass is 10.1. The van der Waals surface area contributed by atoms with E-state index >= 15 is 0 Å². The van der Waals surface area contributed by atoms with E-state index in [-0.39, 0.29) is 0 Å². The Hall–Kier alpha value is -1.16. The molecule has 0 aromatic carbocycles. The van der Waals surface area contributed by atoms with Crippen LogP contribution in [0.2, 0.25) is 0 Å². The molecular formula is C13H21N3S. The van der Waals surface area contributed by atoms with Gasteiger partial charge in [-0.15, -0.1) is 0 Å². The molecule has 1 aromatic heterocycles. The van der Waals surface area contributed by atoms with Gasteiger partial charge in [0.25, 0.3) is 0 Å². The first-order chi connectivity index (χ1) is 8.13.